The normalized spacial score (nSPS) is 14.9. The number of carbonyl (C=O) groups excluding carboxylic acids is 1. The predicted molar refractivity (Wildman–Crippen MR) is 94.8 cm³/mol. The number of nitrogens with zero attached hydrogens (tertiary/aromatic N) is 1. The van der Waals surface area contributed by atoms with Crippen LogP contribution in [0.2, 0.25) is 0 Å². The van der Waals surface area contributed by atoms with Crippen LogP contribution in [0, 0.1) is 13.8 Å². The highest BCUT2D eigenvalue weighted by Gasteiger charge is 2.25. The van der Waals surface area contributed by atoms with Gasteiger partial charge in [0, 0.05) is 13.0 Å². The highest BCUT2D eigenvalue weighted by molar-refractivity contribution is 7.92. The van der Waals surface area contributed by atoms with Gasteiger partial charge in [-0.15, -0.1) is 0 Å². The largest absolute Gasteiger partial charge is 0.310 e. The van der Waals surface area contributed by atoms with Crippen molar-refractivity contribution in [3.63, 3.8) is 0 Å². The first-order valence-corrected chi connectivity index (χ1v) is 9.36. The summed E-state index contributed by atoms with van der Waals surface area (Å²) in [5.74, 6) is 0.0214. The van der Waals surface area contributed by atoms with E-state index >= 15 is 0 Å². The standard InChI is InChI=1S/C18H20N2O3S/c1-13-9-10-17(14(2)12-13)24(22,23)19-15-6-3-4-7-16(15)20-11-5-8-18(20)21/h3-4,6-7,9-10,12,19H,5,8,11H2,1-2H3. The zero-order valence-electron chi connectivity index (χ0n) is 13.7. The van der Waals surface area contributed by atoms with Crippen LogP contribution in [0.4, 0.5) is 11.4 Å². The van der Waals surface area contributed by atoms with E-state index in [9.17, 15) is 13.2 Å². The van der Waals surface area contributed by atoms with Gasteiger partial charge in [0.15, 0.2) is 0 Å². The first kappa shape index (κ1) is 16.5. The van der Waals surface area contributed by atoms with E-state index in [1.807, 2.05) is 13.0 Å². The van der Waals surface area contributed by atoms with Crippen molar-refractivity contribution >= 4 is 27.3 Å². The molecule has 1 heterocycles. The fourth-order valence-electron chi connectivity index (χ4n) is 3.00. The van der Waals surface area contributed by atoms with Gasteiger partial charge in [-0.2, -0.15) is 0 Å². The monoisotopic (exact) mass is 344 g/mol. The van der Waals surface area contributed by atoms with Gasteiger partial charge in [0.25, 0.3) is 10.0 Å². The number of anilines is 2. The van der Waals surface area contributed by atoms with Gasteiger partial charge in [-0.1, -0.05) is 29.8 Å². The Morgan fingerprint density at radius 3 is 2.50 bits per heavy atom. The number of rotatable bonds is 4. The van der Waals surface area contributed by atoms with E-state index in [4.69, 9.17) is 0 Å². The van der Waals surface area contributed by atoms with Crippen molar-refractivity contribution in [1.29, 1.82) is 0 Å². The molecule has 3 rings (SSSR count). The molecule has 0 aliphatic carbocycles. The van der Waals surface area contributed by atoms with E-state index < -0.39 is 10.0 Å². The molecule has 0 saturated carbocycles. The van der Waals surface area contributed by atoms with Crippen molar-refractivity contribution in [2.45, 2.75) is 31.6 Å². The molecular weight excluding hydrogens is 324 g/mol. The van der Waals surface area contributed by atoms with Crippen molar-refractivity contribution in [3.05, 3.63) is 53.6 Å². The molecule has 1 fully saturated rings. The summed E-state index contributed by atoms with van der Waals surface area (Å²) < 4.78 is 28.2. The number of carbonyl (C=O) groups is 1. The van der Waals surface area contributed by atoms with Gasteiger partial charge in [0.2, 0.25) is 5.91 Å². The summed E-state index contributed by atoms with van der Waals surface area (Å²) in [5.41, 5.74) is 2.73. The third kappa shape index (κ3) is 3.14. The van der Waals surface area contributed by atoms with E-state index in [0.717, 1.165) is 12.0 Å². The number of sulfonamides is 1. The zero-order valence-corrected chi connectivity index (χ0v) is 14.6. The summed E-state index contributed by atoms with van der Waals surface area (Å²) in [6.07, 6.45) is 1.29. The maximum atomic E-state index is 12.8. The summed E-state index contributed by atoms with van der Waals surface area (Å²) in [5, 5.41) is 0. The molecule has 1 N–H and O–H groups in total. The Hall–Kier alpha value is -2.34. The molecule has 2 aromatic carbocycles. The summed E-state index contributed by atoms with van der Waals surface area (Å²) in [4.78, 5) is 13.9. The predicted octanol–water partition coefficient (Wildman–Crippen LogP) is 3.23. The molecule has 6 heteroatoms. The van der Waals surface area contributed by atoms with Crippen LogP contribution < -0.4 is 9.62 Å². The molecule has 1 aliphatic rings. The topological polar surface area (TPSA) is 66.5 Å². The fraction of sp³-hybridized carbons (Fsp3) is 0.278. The molecule has 1 amide bonds. The molecule has 0 unspecified atom stereocenters. The van der Waals surface area contributed by atoms with Crippen LogP contribution in [-0.4, -0.2) is 20.9 Å². The molecule has 126 valence electrons. The molecule has 0 aromatic heterocycles. The van der Waals surface area contributed by atoms with Crippen LogP contribution in [0.3, 0.4) is 0 Å². The summed E-state index contributed by atoms with van der Waals surface area (Å²) in [6, 6.07) is 12.2. The van der Waals surface area contributed by atoms with Crippen molar-refractivity contribution in [2.24, 2.45) is 0 Å². The molecule has 24 heavy (non-hydrogen) atoms. The van der Waals surface area contributed by atoms with E-state index in [0.29, 0.717) is 29.9 Å². The quantitative estimate of drug-likeness (QED) is 0.926. The van der Waals surface area contributed by atoms with E-state index in [1.54, 1.807) is 48.2 Å². The summed E-state index contributed by atoms with van der Waals surface area (Å²) in [6.45, 7) is 4.31. The average Bonchev–Trinajstić information content (AvgIpc) is 2.93. The number of hydrogen-bond acceptors (Lipinski definition) is 3. The maximum Gasteiger partial charge on any atom is 0.262 e. The van der Waals surface area contributed by atoms with Crippen molar-refractivity contribution in [2.75, 3.05) is 16.2 Å². The van der Waals surface area contributed by atoms with Gasteiger partial charge >= 0.3 is 0 Å². The van der Waals surface area contributed by atoms with Gasteiger partial charge in [0.05, 0.1) is 16.3 Å². The number of nitrogens with one attached hydrogen (secondary N) is 1. The summed E-state index contributed by atoms with van der Waals surface area (Å²) >= 11 is 0. The van der Waals surface area contributed by atoms with Gasteiger partial charge in [-0.3, -0.25) is 9.52 Å². The van der Waals surface area contributed by atoms with Crippen LogP contribution in [0.5, 0.6) is 0 Å². The molecule has 0 bridgehead atoms. The van der Waals surface area contributed by atoms with Crippen LogP contribution in [0.1, 0.15) is 24.0 Å². The molecule has 0 atom stereocenters. The second-order valence-electron chi connectivity index (χ2n) is 6.04. The van der Waals surface area contributed by atoms with Crippen LogP contribution in [-0.2, 0) is 14.8 Å². The van der Waals surface area contributed by atoms with E-state index in [2.05, 4.69) is 4.72 Å². The molecule has 1 saturated heterocycles. The Morgan fingerprint density at radius 1 is 1.08 bits per heavy atom. The minimum absolute atomic E-state index is 0.0214. The Bertz CT molecular complexity index is 891. The van der Waals surface area contributed by atoms with Gasteiger partial charge < -0.3 is 4.90 Å². The Labute approximate surface area is 142 Å². The molecule has 5 nitrogen and oxygen atoms in total. The average molecular weight is 344 g/mol. The Kier molecular flexibility index (Phi) is 4.32. The first-order valence-electron chi connectivity index (χ1n) is 7.88. The Balaban J connectivity index is 1.97. The number of benzene rings is 2. The SMILES string of the molecule is Cc1ccc(S(=O)(=O)Nc2ccccc2N2CCCC2=O)c(C)c1. The number of amides is 1. The lowest BCUT2D eigenvalue weighted by Gasteiger charge is -2.20. The van der Waals surface area contributed by atoms with Crippen LogP contribution >= 0.6 is 0 Å². The van der Waals surface area contributed by atoms with Crippen molar-refractivity contribution in [1.82, 2.24) is 0 Å². The Morgan fingerprint density at radius 2 is 1.83 bits per heavy atom. The molecule has 1 aliphatic heterocycles. The summed E-state index contributed by atoms with van der Waals surface area (Å²) in [7, 11) is -3.72. The molecule has 0 radical (unpaired) electrons. The van der Waals surface area contributed by atoms with Gasteiger partial charge in [-0.05, 0) is 44.0 Å². The lowest BCUT2D eigenvalue weighted by Crippen LogP contribution is -2.25. The van der Waals surface area contributed by atoms with E-state index in [1.165, 1.54) is 0 Å². The number of hydrogen-bond donors (Lipinski definition) is 1. The fourth-order valence-corrected chi connectivity index (χ4v) is 4.30. The van der Waals surface area contributed by atoms with Crippen molar-refractivity contribution < 1.29 is 13.2 Å². The highest BCUT2D eigenvalue weighted by atomic mass is 32.2. The zero-order chi connectivity index (χ0) is 17.3. The van der Waals surface area contributed by atoms with E-state index in [-0.39, 0.29) is 10.8 Å². The highest BCUT2D eigenvalue weighted by Crippen LogP contribution is 2.31. The van der Waals surface area contributed by atoms with Crippen LogP contribution in [0.25, 0.3) is 0 Å². The lowest BCUT2D eigenvalue weighted by atomic mass is 10.2. The van der Waals surface area contributed by atoms with Crippen molar-refractivity contribution in [3.8, 4) is 0 Å². The number of aryl methyl sites for hydroxylation is 2. The molecular formula is C18H20N2O3S. The smallest absolute Gasteiger partial charge is 0.262 e. The second kappa shape index (κ2) is 6.28. The van der Waals surface area contributed by atoms with Crippen LogP contribution in [0.15, 0.2) is 47.4 Å². The number of para-hydroxylation sites is 2. The first-order chi connectivity index (χ1) is 11.4. The third-order valence-corrected chi connectivity index (χ3v) is 5.66. The van der Waals surface area contributed by atoms with Gasteiger partial charge in [-0.25, -0.2) is 8.42 Å². The lowest BCUT2D eigenvalue weighted by molar-refractivity contribution is -0.117. The molecule has 0 spiro atoms. The maximum absolute atomic E-state index is 12.8. The minimum Gasteiger partial charge on any atom is -0.310 e. The second-order valence-corrected chi connectivity index (χ2v) is 7.69. The third-order valence-electron chi connectivity index (χ3n) is 4.13. The van der Waals surface area contributed by atoms with Gasteiger partial charge in [0.1, 0.15) is 0 Å². The molecule has 2 aromatic rings. The minimum atomic E-state index is -3.72.